The van der Waals surface area contributed by atoms with E-state index in [0.717, 1.165) is 6.92 Å². The Balaban J connectivity index is 2.77. The fourth-order valence-corrected chi connectivity index (χ4v) is 1.28. The molecule has 0 aromatic heterocycles. The van der Waals surface area contributed by atoms with Crippen LogP contribution in [0.4, 0.5) is 8.78 Å². The van der Waals surface area contributed by atoms with Crippen LogP contribution in [-0.2, 0) is 6.42 Å². The number of ketones is 1. The lowest BCUT2D eigenvalue weighted by molar-refractivity contribution is 0.0226. The number of carbonyl (C=O) groups excluding carboxylic acids is 1. The second-order valence-electron chi connectivity index (χ2n) is 3.57. The number of benzene rings is 1. The highest BCUT2D eigenvalue weighted by Crippen LogP contribution is 2.19. The van der Waals surface area contributed by atoms with Gasteiger partial charge in [0.15, 0.2) is 5.78 Å². The summed E-state index contributed by atoms with van der Waals surface area (Å²) in [5.41, 5.74) is 6.14. The van der Waals surface area contributed by atoms with Gasteiger partial charge in [0.1, 0.15) is 0 Å². The van der Waals surface area contributed by atoms with E-state index in [2.05, 4.69) is 0 Å². The van der Waals surface area contributed by atoms with Crippen LogP contribution in [-0.4, -0.2) is 18.3 Å². The molecule has 1 rings (SSSR count). The molecule has 0 spiro atoms. The van der Waals surface area contributed by atoms with Gasteiger partial charge in [-0.05, 0) is 12.5 Å². The van der Waals surface area contributed by atoms with Crippen LogP contribution >= 0.6 is 0 Å². The largest absolute Gasteiger partial charge is 0.324 e. The minimum absolute atomic E-state index is 0.0662. The molecular weight excluding hydrogens is 200 g/mol. The first-order valence-electron chi connectivity index (χ1n) is 4.62. The Morgan fingerprint density at radius 3 is 2.27 bits per heavy atom. The van der Waals surface area contributed by atoms with Crippen LogP contribution in [0.2, 0.25) is 0 Å². The Hall–Kier alpha value is -1.29. The quantitative estimate of drug-likeness (QED) is 0.777. The lowest BCUT2D eigenvalue weighted by Gasteiger charge is -2.09. The van der Waals surface area contributed by atoms with Crippen molar-refractivity contribution in [2.45, 2.75) is 19.3 Å². The van der Waals surface area contributed by atoms with Crippen LogP contribution in [0, 0.1) is 0 Å². The van der Waals surface area contributed by atoms with Crippen LogP contribution in [0.25, 0.3) is 0 Å². The number of alkyl halides is 2. The van der Waals surface area contributed by atoms with Gasteiger partial charge in [0.25, 0.3) is 0 Å². The van der Waals surface area contributed by atoms with Crippen molar-refractivity contribution in [1.82, 2.24) is 0 Å². The Morgan fingerprint density at radius 2 is 1.87 bits per heavy atom. The van der Waals surface area contributed by atoms with E-state index < -0.39 is 5.92 Å². The molecule has 0 saturated heterocycles. The molecule has 0 unspecified atom stereocenters. The molecular formula is C11H13F2NO. The SMILES string of the molecule is CC(F)(F)Cc1ccc(C(=O)CN)cc1. The van der Waals surface area contributed by atoms with Crippen molar-refractivity contribution < 1.29 is 13.6 Å². The normalized spacial score (nSPS) is 11.5. The molecule has 0 aliphatic rings. The van der Waals surface area contributed by atoms with Crippen molar-refractivity contribution in [2.75, 3.05) is 6.54 Å². The molecule has 0 atom stereocenters. The predicted molar refractivity (Wildman–Crippen MR) is 54.2 cm³/mol. The summed E-state index contributed by atoms with van der Waals surface area (Å²) in [6, 6.07) is 6.10. The second-order valence-corrected chi connectivity index (χ2v) is 3.57. The van der Waals surface area contributed by atoms with Crippen molar-refractivity contribution >= 4 is 5.78 Å². The number of nitrogens with two attached hydrogens (primary N) is 1. The third-order valence-electron chi connectivity index (χ3n) is 1.98. The van der Waals surface area contributed by atoms with Gasteiger partial charge in [-0.25, -0.2) is 8.78 Å². The van der Waals surface area contributed by atoms with Crippen LogP contribution in [0.5, 0.6) is 0 Å². The topological polar surface area (TPSA) is 43.1 Å². The van der Waals surface area contributed by atoms with Gasteiger partial charge in [-0.3, -0.25) is 4.79 Å². The average Bonchev–Trinajstić information content (AvgIpc) is 2.15. The lowest BCUT2D eigenvalue weighted by atomic mass is 10.0. The molecule has 1 aromatic rings. The zero-order valence-corrected chi connectivity index (χ0v) is 8.47. The molecule has 0 amide bonds. The molecule has 0 bridgehead atoms. The van der Waals surface area contributed by atoms with Gasteiger partial charge in [-0.1, -0.05) is 24.3 Å². The average molecular weight is 213 g/mol. The number of hydrogen-bond donors (Lipinski definition) is 1. The third-order valence-corrected chi connectivity index (χ3v) is 1.98. The van der Waals surface area contributed by atoms with Gasteiger partial charge in [-0.15, -0.1) is 0 Å². The molecule has 0 heterocycles. The summed E-state index contributed by atoms with van der Waals surface area (Å²) in [6.45, 7) is 0.801. The van der Waals surface area contributed by atoms with E-state index in [9.17, 15) is 13.6 Å². The molecule has 1 aromatic carbocycles. The van der Waals surface area contributed by atoms with Crippen LogP contribution in [0.1, 0.15) is 22.8 Å². The minimum atomic E-state index is -2.72. The van der Waals surface area contributed by atoms with Crippen LogP contribution in [0.15, 0.2) is 24.3 Å². The standard InChI is InChI=1S/C11H13F2NO/c1-11(12,13)6-8-2-4-9(5-3-8)10(15)7-14/h2-5H,6-7,14H2,1H3. The smallest absolute Gasteiger partial charge is 0.249 e. The monoisotopic (exact) mass is 213 g/mol. The number of Topliss-reactive ketones (excluding diaryl/α,β-unsaturated/α-hetero) is 1. The lowest BCUT2D eigenvalue weighted by Crippen LogP contribution is -2.15. The minimum Gasteiger partial charge on any atom is -0.324 e. The summed E-state index contributed by atoms with van der Waals surface area (Å²) in [5, 5.41) is 0. The predicted octanol–water partition coefficient (Wildman–Crippen LogP) is 2.03. The van der Waals surface area contributed by atoms with Gasteiger partial charge >= 0.3 is 0 Å². The first-order valence-corrected chi connectivity index (χ1v) is 4.62. The van der Waals surface area contributed by atoms with Crippen LogP contribution < -0.4 is 5.73 Å². The van der Waals surface area contributed by atoms with Gasteiger partial charge in [-0.2, -0.15) is 0 Å². The molecule has 82 valence electrons. The Morgan fingerprint density at radius 1 is 1.33 bits per heavy atom. The Kier molecular flexibility index (Phi) is 3.52. The number of carbonyl (C=O) groups is 1. The Labute approximate surface area is 87.1 Å². The van der Waals surface area contributed by atoms with Gasteiger partial charge < -0.3 is 5.73 Å². The molecule has 0 aliphatic heterocycles. The van der Waals surface area contributed by atoms with Crippen molar-refractivity contribution in [3.8, 4) is 0 Å². The summed E-state index contributed by atoms with van der Waals surface area (Å²) in [5.74, 6) is -2.91. The molecule has 4 heteroatoms. The highest BCUT2D eigenvalue weighted by Gasteiger charge is 2.21. The number of halogens is 2. The molecule has 0 saturated carbocycles. The first-order chi connectivity index (χ1) is 6.92. The summed E-state index contributed by atoms with van der Waals surface area (Å²) >= 11 is 0. The van der Waals surface area contributed by atoms with E-state index in [1.54, 1.807) is 0 Å². The van der Waals surface area contributed by atoms with Crippen molar-refractivity contribution in [3.05, 3.63) is 35.4 Å². The molecule has 0 fully saturated rings. The van der Waals surface area contributed by atoms with E-state index in [1.807, 2.05) is 0 Å². The third kappa shape index (κ3) is 3.75. The molecule has 2 nitrogen and oxygen atoms in total. The maximum atomic E-state index is 12.6. The summed E-state index contributed by atoms with van der Waals surface area (Å²) < 4.78 is 25.3. The van der Waals surface area contributed by atoms with E-state index >= 15 is 0 Å². The summed E-state index contributed by atoms with van der Waals surface area (Å²) in [7, 11) is 0. The zero-order chi connectivity index (χ0) is 11.5. The highest BCUT2D eigenvalue weighted by atomic mass is 19.3. The van der Waals surface area contributed by atoms with Crippen molar-refractivity contribution in [3.63, 3.8) is 0 Å². The molecule has 2 N–H and O–H groups in total. The molecule has 15 heavy (non-hydrogen) atoms. The summed E-state index contributed by atoms with van der Waals surface area (Å²) in [6.07, 6.45) is -0.315. The number of rotatable bonds is 4. The fraction of sp³-hybridized carbons (Fsp3) is 0.364. The second kappa shape index (κ2) is 4.49. The zero-order valence-electron chi connectivity index (χ0n) is 8.47. The number of hydrogen-bond acceptors (Lipinski definition) is 2. The van der Waals surface area contributed by atoms with Crippen molar-refractivity contribution in [2.24, 2.45) is 5.73 Å². The molecule has 0 radical (unpaired) electrons. The van der Waals surface area contributed by atoms with E-state index in [0.29, 0.717) is 11.1 Å². The Bertz CT molecular complexity index is 341. The maximum absolute atomic E-state index is 12.6. The first kappa shape index (κ1) is 11.8. The fourth-order valence-electron chi connectivity index (χ4n) is 1.28. The van der Waals surface area contributed by atoms with E-state index in [1.165, 1.54) is 24.3 Å². The van der Waals surface area contributed by atoms with Crippen LogP contribution in [0.3, 0.4) is 0 Å². The maximum Gasteiger partial charge on any atom is 0.249 e. The molecule has 0 aliphatic carbocycles. The van der Waals surface area contributed by atoms with Gasteiger partial charge in [0.2, 0.25) is 5.92 Å². The van der Waals surface area contributed by atoms with Gasteiger partial charge in [0.05, 0.1) is 6.54 Å². The highest BCUT2D eigenvalue weighted by molar-refractivity contribution is 5.97. The van der Waals surface area contributed by atoms with E-state index in [-0.39, 0.29) is 18.7 Å². The van der Waals surface area contributed by atoms with Gasteiger partial charge in [0, 0.05) is 12.0 Å². The van der Waals surface area contributed by atoms with Crippen molar-refractivity contribution in [1.29, 1.82) is 0 Å². The summed E-state index contributed by atoms with van der Waals surface area (Å²) in [4.78, 5) is 11.1. The van der Waals surface area contributed by atoms with E-state index in [4.69, 9.17) is 5.73 Å².